The fraction of sp³-hybridized carbons (Fsp3) is 1.00. The van der Waals surface area contributed by atoms with Gasteiger partial charge in [-0.3, -0.25) is 0 Å². The van der Waals surface area contributed by atoms with Gasteiger partial charge < -0.3 is 4.74 Å². The van der Waals surface area contributed by atoms with Gasteiger partial charge in [-0.05, 0) is 12.8 Å². The largest absolute Gasteiger partial charge is 0.381 e. The highest BCUT2D eigenvalue weighted by Crippen LogP contribution is 2.02. The van der Waals surface area contributed by atoms with Gasteiger partial charge >= 0.3 is 0 Å². The average molecular weight is 194 g/mol. The molecule has 0 bridgehead atoms. The lowest BCUT2D eigenvalue weighted by Gasteiger charge is -2.06. The normalized spacial score (nSPS) is 16.4. The zero-order valence-corrected chi connectivity index (χ0v) is 9.07. The zero-order chi connectivity index (χ0) is 8.69. The Hall–Kier alpha value is 0.660. The Labute approximate surface area is 80.7 Å². The third-order valence-corrected chi connectivity index (χ3v) is 1.88. The van der Waals surface area contributed by atoms with Gasteiger partial charge in [0.25, 0.3) is 0 Å². The van der Waals surface area contributed by atoms with E-state index in [4.69, 9.17) is 4.74 Å². The van der Waals surface area contributed by atoms with Crippen LogP contribution in [0.15, 0.2) is 0 Å². The summed E-state index contributed by atoms with van der Waals surface area (Å²) in [4.78, 5) is 0. The Bertz CT molecular complexity index is 74.2. The summed E-state index contributed by atoms with van der Waals surface area (Å²) in [6, 6.07) is 0. The first-order valence-corrected chi connectivity index (χ1v) is 5.10. The number of rotatable bonds is 6. The molecule has 0 amide bonds. The molecule has 3 heteroatoms. The first kappa shape index (κ1) is 11.7. The van der Waals surface area contributed by atoms with Gasteiger partial charge in [-0.25, -0.2) is 0 Å². The lowest BCUT2D eigenvalue weighted by molar-refractivity contribution is 0.130. The maximum absolute atomic E-state index is 5.36. The number of ether oxygens (including phenoxy) is 1. The van der Waals surface area contributed by atoms with Crippen LogP contribution in [0.5, 0.6) is 0 Å². The van der Waals surface area contributed by atoms with Crippen LogP contribution in [-0.2, 0) is 4.74 Å². The second-order valence-corrected chi connectivity index (χ2v) is 4.65. The van der Waals surface area contributed by atoms with Gasteiger partial charge in [0.05, 0.1) is 0 Å². The predicted molar refractivity (Wildman–Crippen MR) is 56.9 cm³/mol. The highest BCUT2D eigenvalue weighted by Gasteiger charge is 1.96. The molecule has 0 rings (SSSR count). The van der Waals surface area contributed by atoms with Crippen LogP contribution in [-0.4, -0.2) is 23.7 Å². The third-order valence-electron chi connectivity index (χ3n) is 1.36. The molecule has 0 spiro atoms. The second-order valence-electron chi connectivity index (χ2n) is 2.89. The molecule has 0 aliphatic carbocycles. The van der Waals surface area contributed by atoms with E-state index in [9.17, 15) is 0 Å². The third kappa shape index (κ3) is 10.7. The van der Waals surface area contributed by atoms with Crippen LogP contribution in [0.1, 0.15) is 26.7 Å². The predicted octanol–water partition coefficient (Wildman–Crippen LogP) is 2.42. The van der Waals surface area contributed by atoms with E-state index in [0.29, 0.717) is 10.5 Å². The van der Waals surface area contributed by atoms with Crippen molar-refractivity contribution >= 4 is 25.3 Å². The van der Waals surface area contributed by atoms with E-state index in [1.807, 2.05) is 0 Å². The molecule has 0 aromatic carbocycles. The second kappa shape index (κ2) is 7.32. The van der Waals surface area contributed by atoms with Crippen molar-refractivity contribution < 1.29 is 4.74 Å². The van der Waals surface area contributed by atoms with Gasteiger partial charge in [0.1, 0.15) is 0 Å². The molecule has 0 radical (unpaired) electrons. The van der Waals surface area contributed by atoms with Crippen LogP contribution in [0, 0.1) is 0 Å². The minimum absolute atomic E-state index is 0.448. The Morgan fingerprint density at radius 3 is 1.64 bits per heavy atom. The van der Waals surface area contributed by atoms with Gasteiger partial charge in [-0.1, -0.05) is 13.8 Å². The van der Waals surface area contributed by atoms with Crippen molar-refractivity contribution in [1.29, 1.82) is 0 Å². The summed E-state index contributed by atoms with van der Waals surface area (Å²) in [6.07, 6.45) is 2.06. The van der Waals surface area contributed by atoms with Crippen molar-refractivity contribution in [3.8, 4) is 0 Å². The lowest BCUT2D eigenvalue weighted by atomic mass is 10.3. The quantitative estimate of drug-likeness (QED) is 0.488. The minimum Gasteiger partial charge on any atom is -0.381 e. The fourth-order valence-corrected chi connectivity index (χ4v) is 0.821. The van der Waals surface area contributed by atoms with Crippen LogP contribution in [0.2, 0.25) is 0 Å². The highest BCUT2D eigenvalue weighted by atomic mass is 32.1. The lowest BCUT2D eigenvalue weighted by Crippen LogP contribution is -2.05. The zero-order valence-electron chi connectivity index (χ0n) is 7.29. The molecular weight excluding hydrogens is 176 g/mol. The molecule has 0 heterocycles. The van der Waals surface area contributed by atoms with Crippen molar-refractivity contribution in [3.63, 3.8) is 0 Å². The minimum atomic E-state index is 0.448. The number of thiol groups is 2. The molecular formula is C8H18OS2. The van der Waals surface area contributed by atoms with E-state index < -0.39 is 0 Å². The summed E-state index contributed by atoms with van der Waals surface area (Å²) in [7, 11) is 0. The molecule has 0 aliphatic rings. The van der Waals surface area contributed by atoms with Crippen LogP contribution >= 0.6 is 25.3 Å². The summed E-state index contributed by atoms with van der Waals surface area (Å²) >= 11 is 8.49. The van der Waals surface area contributed by atoms with E-state index in [1.165, 1.54) is 0 Å². The molecule has 0 fully saturated rings. The smallest absolute Gasteiger partial charge is 0.0476 e. The summed E-state index contributed by atoms with van der Waals surface area (Å²) in [6.45, 7) is 5.80. The van der Waals surface area contributed by atoms with Gasteiger partial charge in [0, 0.05) is 23.7 Å². The molecule has 1 nitrogen and oxygen atoms in total. The van der Waals surface area contributed by atoms with Crippen molar-refractivity contribution in [1.82, 2.24) is 0 Å². The Morgan fingerprint density at radius 1 is 1.00 bits per heavy atom. The molecule has 0 saturated carbocycles. The molecule has 0 saturated heterocycles. The van der Waals surface area contributed by atoms with Gasteiger partial charge in [-0.15, -0.1) is 0 Å². The maximum atomic E-state index is 5.36. The van der Waals surface area contributed by atoms with Crippen molar-refractivity contribution in [2.24, 2.45) is 0 Å². The summed E-state index contributed by atoms with van der Waals surface area (Å²) in [5.41, 5.74) is 0. The van der Waals surface area contributed by atoms with E-state index in [2.05, 4.69) is 39.1 Å². The molecule has 11 heavy (non-hydrogen) atoms. The SMILES string of the molecule is CC(S)CCOCCC(C)S. The van der Waals surface area contributed by atoms with Crippen molar-refractivity contribution in [2.45, 2.75) is 37.2 Å². The van der Waals surface area contributed by atoms with Crippen LogP contribution in [0.4, 0.5) is 0 Å². The number of hydrogen-bond acceptors (Lipinski definition) is 3. The molecule has 2 atom stereocenters. The van der Waals surface area contributed by atoms with Crippen LogP contribution in [0.25, 0.3) is 0 Å². The maximum Gasteiger partial charge on any atom is 0.0476 e. The first-order chi connectivity index (χ1) is 5.13. The highest BCUT2D eigenvalue weighted by molar-refractivity contribution is 7.81. The first-order valence-electron chi connectivity index (χ1n) is 4.06. The molecule has 0 aromatic rings. The van der Waals surface area contributed by atoms with Gasteiger partial charge in [-0.2, -0.15) is 25.3 Å². The molecule has 68 valence electrons. The topological polar surface area (TPSA) is 9.23 Å². The van der Waals surface area contributed by atoms with E-state index in [-0.39, 0.29) is 0 Å². The molecule has 2 unspecified atom stereocenters. The van der Waals surface area contributed by atoms with Crippen LogP contribution < -0.4 is 0 Å². The molecule has 0 aliphatic heterocycles. The van der Waals surface area contributed by atoms with E-state index >= 15 is 0 Å². The van der Waals surface area contributed by atoms with Crippen molar-refractivity contribution in [2.75, 3.05) is 13.2 Å². The summed E-state index contributed by atoms with van der Waals surface area (Å²) in [5, 5.41) is 0.895. The van der Waals surface area contributed by atoms with E-state index in [0.717, 1.165) is 26.1 Å². The molecule has 0 aromatic heterocycles. The van der Waals surface area contributed by atoms with Gasteiger partial charge in [0.15, 0.2) is 0 Å². The summed E-state index contributed by atoms with van der Waals surface area (Å²) < 4.78 is 5.36. The fourth-order valence-electron chi connectivity index (χ4n) is 0.610. The average Bonchev–Trinajstić information content (AvgIpc) is 1.85. The Morgan fingerprint density at radius 2 is 1.36 bits per heavy atom. The van der Waals surface area contributed by atoms with Gasteiger partial charge in [0.2, 0.25) is 0 Å². The monoisotopic (exact) mass is 194 g/mol. The van der Waals surface area contributed by atoms with Crippen molar-refractivity contribution in [3.05, 3.63) is 0 Å². The standard InChI is InChI=1S/C8H18OS2/c1-7(10)3-5-9-6-4-8(2)11/h7-8,10-11H,3-6H2,1-2H3. The van der Waals surface area contributed by atoms with E-state index in [1.54, 1.807) is 0 Å². The summed E-state index contributed by atoms with van der Waals surface area (Å²) in [5.74, 6) is 0. The van der Waals surface area contributed by atoms with Crippen LogP contribution in [0.3, 0.4) is 0 Å². The number of hydrogen-bond donors (Lipinski definition) is 2. The molecule has 0 N–H and O–H groups in total. The Balaban J connectivity index is 2.91. The Kier molecular flexibility index (Phi) is 7.76.